The summed E-state index contributed by atoms with van der Waals surface area (Å²) in [6.07, 6.45) is 1.10. The first-order valence-electron chi connectivity index (χ1n) is 7.06. The molecule has 0 aliphatic carbocycles. The smallest absolute Gasteiger partial charge is 0.252 e. The van der Waals surface area contributed by atoms with Crippen LogP contribution in [0.2, 0.25) is 0 Å². The maximum atomic E-state index is 12.4. The van der Waals surface area contributed by atoms with Crippen LogP contribution in [0, 0.1) is 0 Å². The number of rotatable bonds is 6. The fourth-order valence-electron chi connectivity index (χ4n) is 2.33. The molecule has 2 rings (SSSR count). The monoisotopic (exact) mass is 352 g/mol. The van der Waals surface area contributed by atoms with Crippen molar-refractivity contribution in [2.24, 2.45) is 0 Å². The number of thiophene rings is 1. The Morgan fingerprint density at radius 3 is 2.52 bits per heavy atom. The summed E-state index contributed by atoms with van der Waals surface area (Å²) in [5, 5.41) is 6.88. The first kappa shape index (κ1) is 17.7. The molecule has 0 saturated carbocycles. The zero-order valence-electron chi connectivity index (χ0n) is 13.3. The van der Waals surface area contributed by atoms with Gasteiger partial charge in [0.1, 0.15) is 0 Å². The second-order valence-corrected chi connectivity index (χ2v) is 8.28. The van der Waals surface area contributed by atoms with E-state index in [4.69, 9.17) is 0 Å². The van der Waals surface area contributed by atoms with Crippen LogP contribution in [0.5, 0.6) is 0 Å². The Morgan fingerprint density at radius 2 is 1.96 bits per heavy atom. The Labute approximate surface area is 140 Å². The van der Waals surface area contributed by atoms with Crippen molar-refractivity contribution in [3.05, 3.63) is 52.2 Å². The molecular weight excluding hydrogens is 332 g/mol. The van der Waals surface area contributed by atoms with Gasteiger partial charge in [-0.25, -0.2) is 8.42 Å². The quantitative estimate of drug-likeness (QED) is 0.865. The van der Waals surface area contributed by atoms with Gasteiger partial charge < -0.3 is 10.2 Å². The van der Waals surface area contributed by atoms with Crippen LogP contribution in [0.1, 0.15) is 22.0 Å². The van der Waals surface area contributed by atoms with E-state index in [1.54, 1.807) is 23.5 Å². The first-order chi connectivity index (χ1) is 10.8. The molecule has 0 spiro atoms. The van der Waals surface area contributed by atoms with Crippen LogP contribution in [0.15, 0.2) is 46.0 Å². The van der Waals surface area contributed by atoms with Gasteiger partial charge in [-0.15, -0.1) is 0 Å². The Bertz CT molecular complexity index is 768. The average Bonchev–Trinajstić information content (AvgIpc) is 3.00. The van der Waals surface area contributed by atoms with E-state index >= 15 is 0 Å². The summed E-state index contributed by atoms with van der Waals surface area (Å²) in [5.74, 6) is -0.381. The highest BCUT2D eigenvalue weighted by molar-refractivity contribution is 7.90. The second-order valence-electron chi connectivity index (χ2n) is 5.51. The maximum absolute atomic E-state index is 12.4. The Hall–Kier alpha value is -1.70. The predicted octanol–water partition coefficient (Wildman–Crippen LogP) is 2.18. The van der Waals surface area contributed by atoms with Crippen molar-refractivity contribution in [2.45, 2.75) is 10.9 Å². The number of carbonyl (C=O) groups is 1. The molecule has 1 aromatic heterocycles. The Kier molecular flexibility index (Phi) is 5.56. The molecule has 124 valence electrons. The maximum Gasteiger partial charge on any atom is 0.252 e. The van der Waals surface area contributed by atoms with Crippen LogP contribution < -0.4 is 5.32 Å². The highest BCUT2D eigenvalue weighted by Gasteiger charge is 2.20. The molecule has 0 aliphatic heterocycles. The highest BCUT2D eigenvalue weighted by atomic mass is 32.2. The summed E-state index contributed by atoms with van der Waals surface area (Å²) in [6, 6.07) is 8.31. The minimum Gasteiger partial charge on any atom is -0.350 e. The molecule has 1 aromatic carbocycles. The summed E-state index contributed by atoms with van der Waals surface area (Å²) < 4.78 is 23.6. The number of nitrogens with one attached hydrogen (secondary N) is 1. The standard InChI is InChI=1S/C16H20N2O3S2/c1-18(2)14(12-8-9-22-11-12)10-17-16(19)13-6-4-5-7-15(13)23(3,20)21/h4-9,11,14H,10H2,1-3H3,(H,17,19)/t14-/m0/s1. The molecular formula is C16H20N2O3S2. The molecule has 0 fully saturated rings. The third-order valence-electron chi connectivity index (χ3n) is 3.54. The van der Waals surface area contributed by atoms with Crippen molar-refractivity contribution >= 4 is 27.1 Å². The first-order valence-corrected chi connectivity index (χ1v) is 9.90. The van der Waals surface area contributed by atoms with Crippen LogP contribution in [-0.4, -0.2) is 46.1 Å². The number of hydrogen-bond acceptors (Lipinski definition) is 5. The average molecular weight is 352 g/mol. The van der Waals surface area contributed by atoms with Crippen molar-refractivity contribution in [1.82, 2.24) is 10.2 Å². The van der Waals surface area contributed by atoms with Crippen molar-refractivity contribution in [1.29, 1.82) is 0 Å². The lowest BCUT2D eigenvalue weighted by Crippen LogP contribution is -2.34. The predicted molar refractivity (Wildman–Crippen MR) is 92.6 cm³/mol. The van der Waals surface area contributed by atoms with E-state index < -0.39 is 9.84 Å². The van der Waals surface area contributed by atoms with E-state index in [2.05, 4.69) is 5.32 Å². The number of benzene rings is 1. The van der Waals surface area contributed by atoms with E-state index in [0.29, 0.717) is 6.54 Å². The van der Waals surface area contributed by atoms with E-state index in [-0.39, 0.29) is 22.4 Å². The SMILES string of the molecule is CN(C)[C@@H](CNC(=O)c1ccccc1S(C)(=O)=O)c1ccsc1. The summed E-state index contributed by atoms with van der Waals surface area (Å²) in [5.41, 5.74) is 1.30. The molecule has 0 aliphatic rings. The van der Waals surface area contributed by atoms with Crippen LogP contribution in [0.25, 0.3) is 0 Å². The van der Waals surface area contributed by atoms with Crippen molar-refractivity contribution in [3.63, 3.8) is 0 Å². The van der Waals surface area contributed by atoms with Gasteiger partial charge in [-0.3, -0.25) is 4.79 Å². The number of nitrogens with zero attached hydrogens (tertiary/aromatic N) is 1. The van der Waals surface area contributed by atoms with E-state index in [0.717, 1.165) is 11.8 Å². The summed E-state index contributed by atoms with van der Waals surface area (Å²) in [6.45, 7) is 0.403. The molecule has 1 atom stereocenters. The highest BCUT2D eigenvalue weighted by Crippen LogP contribution is 2.21. The third kappa shape index (κ3) is 4.40. The molecule has 0 unspecified atom stereocenters. The number of likely N-dealkylation sites (N-methyl/N-ethyl adjacent to an activating group) is 1. The van der Waals surface area contributed by atoms with E-state index in [9.17, 15) is 13.2 Å². The van der Waals surface area contributed by atoms with E-state index in [1.165, 1.54) is 12.1 Å². The lowest BCUT2D eigenvalue weighted by Gasteiger charge is -2.24. The van der Waals surface area contributed by atoms with Crippen molar-refractivity contribution in [3.8, 4) is 0 Å². The number of sulfone groups is 1. The molecule has 23 heavy (non-hydrogen) atoms. The molecule has 0 radical (unpaired) electrons. The number of carbonyl (C=O) groups excluding carboxylic acids is 1. The zero-order chi connectivity index (χ0) is 17.0. The normalized spacial score (nSPS) is 13.0. The Morgan fingerprint density at radius 1 is 1.26 bits per heavy atom. The minimum absolute atomic E-state index is 0.0376. The van der Waals surface area contributed by atoms with Gasteiger partial charge in [0.25, 0.3) is 5.91 Å². The molecule has 0 saturated heterocycles. The minimum atomic E-state index is -3.45. The van der Waals surface area contributed by atoms with Gasteiger partial charge in [0, 0.05) is 12.8 Å². The van der Waals surface area contributed by atoms with Crippen LogP contribution in [-0.2, 0) is 9.84 Å². The van der Waals surface area contributed by atoms with Gasteiger partial charge in [-0.05, 0) is 48.6 Å². The molecule has 7 heteroatoms. The van der Waals surface area contributed by atoms with Gasteiger partial charge in [-0.1, -0.05) is 12.1 Å². The second kappa shape index (κ2) is 7.25. The van der Waals surface area contributed by atoms with Gasteiger partial charge in [0.05, 0.1) is 16.5 Å². The van der Waals surface area contributed by atoms with Crippen LogP contribution >= 0.6 is 11.3 Å². The summed E-state index contributed by atoms with van der Waals surface area (Å²) >= 11 is 1.60. The molecule has 1 amide bonds. The van der Waals surface area contributed by atoms with Crippen LogP contribution in [0.3, 0.4) is 0 Å². The Balaban J connectivity index is 2.17. The summed E-state index contributed by atoms with van der Waals surface area (Å²) in [4.78, 5) is 14.5. The number of amides is 1. The largest absolute Gasteiger partial charge is 0.350 e. The lowest BCUT2D eigenvalue weighted by atomic mass is 10.1. The number of hydrogen-bond donors (Lipinski definition) is 1. The van der Waals surface area contributed by atoms with E-state index in [1.807, 2.05) is 35.8 Å². The van der Waals surface area contributed by atoms with Gasteiger partial charge >= 0.3 is 0 Å². The van der Waals surface area contributed by atoms with Crippen molar-refractivity contribution in [2.75, 3.05) is 26.9 Å². The molecule has 0 bridgehead atoms. The molecule has 2 aromatic rings. The molecule has 1 N–H and O–H groups in total. The molecule has 1 heterocycles. The van der Waals surface area contributed by atoms with Gasteiger partial charge in [-0.2, -0.15) is 11.3 Å². The van der Waals surface area contributed by atoms with Crippen LogP contribution in [0.4, 0.5) is 0 Å². The summed E-state index contributed by atoms with van der Waals surface area (Å²) in [7, 11) is 0.441. The lowest BCUT2D eigenvalue weighted by molar-refractivity contribution is 0.0938. The fraction of sp³-hybridized carbons (Fsp3) is 0.312. The van der Waals surface area contributed by atoms with Crippen molar-refractivity contribution < 1.29 is 13.2 Å². The topological polar surface area (TPSA) is 66.5 Å². The van der Waals surface area contributed by atoms with Gasteiger partial charge in [0.2, 0.25) is 0 Å². The zero-order valence-corrected chi connectivity index (χ0v) is 14.9. The molecule has 5 nitrogen and oxygen atoms in total. The third-order valence-corrected chi connectivity index (χ3v) is 5.39. The fourth-order valence-corrected chi connectivity index (χ4v) is 3.92. The van der Waals surface area contributed by atoms with Gasteiger partial charge in [0.15, 0.2) is 9.84 Å².